The zero-order valence-corrected chi connectivity index (χ0v) is 9.88. The first-order chi connectivity index (χ1) is 6.56. The molecule has 0 radical (unpaired) electrons. The molecule has 0 bridgehead atoms. The van der Waals surface area contributed by atoms with Crippen LogP contribution in [0, 0.1) is 11.7 Å². The first kappa shape index (κ1) is 11.7. The molecule has 1 rings (SSSR count). The normalized spacial score (nSPS) is 15.2. The average molecular weight is 261 g/mol. The number of rotatable bonds is 3. The SMILES string of the molecule is CCC(C)C(O)c1ccc(Br)c(F)c1. The molecule has 0 aliphatic heterocycles. The average Bonchev–Trinajstić information content (AvgIpc) is 2.20. The number of aliphatic hydroxyl groups is 1. The number of benzene rings is 1. The molecule has 1 nitrogen and oxygen atoms in total. The van der Waals surface area contributed by atoms with Crippen molar-refractivity contribution in [3.8, 4) is 0 Å². The van der Waals surface area contributed by atoms with E-state index >= 15 is 0 Å². The first-order valence-corrected chi connectivity index (χ1v) is 5.48. The molecule has 0 aliphatic rings. The van der Waals surface area contributed by atoms with Gasteiger partial charge >= 0.3 is 0 Å². The van der Waals surface area contributed by atoms with Gasteiger partial charge < -0.3 is 5.11 Å². The Morgan fingerprint density at radius 1 is 1.50 bits per heavy atom. The molecule has 0 heterocycles. The highest BCUT2D eigenvalue weighted by Crippen LogP contribution is 2.26. The van der Waals surface area contributed by atoms with E-state index in [9.17, 15) is 9.50 Å². The van der Waals surface area contributed by atoms with Gasteiger partial charge in [0, 0.05) is 0 Å². The molecule has 1 N–H and O–H groups in total. The smallest absolute Gasteiger partial charge is 0.137 e. The Kier molecular flexibility index (Phi) is 4.08. The third-order valence-corrected chi connectivity index (χ3v) is 3.11. The number of hydrogen-bond acceptors (Lipinski definition) is 1. The minimum Gasteiger partial charge on any atom is -0.388 e. The van der Waals surface area contributed by atoms with E-state index < -0.39 is 6.10 Å². The third kappa shape index (κ3) is 2.55. The van der Waals surface area contributed by atoms with Crippen molar-refractivity contribution in [2.45, 2.75) is 26.4 Å². The van der Waals surface area contributed by atoms with Crippen LogP contribution in [-0.4, -0.2) is 5.11 Å². The zero-order valence-electron chi connectivity index (χ0n) is 8.30. The Bertz CT molecular complexity index is 314. The fourth-order valence-corrected chi connectivity index (χ4v) is 1.49. The lowest BCUT2D eigenvalue weighted by atomic mass is 9.95. The second kappa shape index (κ2) is 4.89. The molecule has 1 aromatic rings. The second-order valence-corrected chi connectivity index (χ2v) is 4.36. The van der Waals surface area contributed by atoms with Crippen molar-refractivity contribution in [1.82, 2.24) is 0 Å². The molecule has 0 aromatic heterocycles. The molecule has 0 saturated heterocycles. The van der Waals surface area contributed by atoms with E-state index in [-0.39, 0.29) is 11.7 Å². The van der Waals surface area contributed by atoms with Gasteiger partial charge in [0.1, 0.15) is 5.82 Å². The van der Waals surface area contributed by atoms with E-state index in [1.165, 1.54) is 6.07 Å². The maximum absolute atomic E-state index is 13.1. The summed E-state index contributed by atoms with van der Waals surface area (Å²) in [6, 6.07) is 4.74. The van der Waals surface area contributed by atoms with E-state index in [0.717, 1.165) is 6.42 Å². The summed E-state index contributed by atoms with van der Waals surface area (Å²) in [4.78, 5) is 0. The van der Waals surface area contributed by atoms with Crippen LogP contribution < -0.4 is 0 Å². The highest BCUT2D eigenvalue weighted by Gasteiger charge is 2.15. The molecule has 2 unspecified atom stereocenters. The molecule has 14 heavy (non-hydrogen) atoms. The van der Waals surface area contributed by atoms with Crippen molar-refractivity contribution < 1.29 is 9.50 Å². The summed E-state index contributed by atoms with van der Waals surface area (Å²) < 4.78 is 13.6. The molecular weight excluding hydrogens is 247 g/mol. The summed E-state index contributed by atoms with van der Waals surface area (Å²) >= 11 is 3.08. The van der Waals surface area contributed by atoms with Gasteiger partial charge in [-0.3, -0.25) is 0 Å². The van der Waals surface area contributed by atoms with Crippen molar-refractivity contribution in [2.75, 3.05) is 0 Å². The van der Waals surface area contributed by atoms with E-state index in [0.29, 0.717) is 10.0 Å². The van der Waals surface area contributed by atoms with E-state index in [1.54, 1.807) is 12.1 Å². The molecule has 0 aliphatic carbocycles. The molecule has 1 aromatic carbocycles. The quantitative estimate of drug-likeness (QED) is 0.880. The number of halogens is 2. The fraction of sp³-hybridized carbons (Fsp3) is 0.455. The number of aliphatic hydroxyl groups excluding tert-OH is 1. The maximum atomic E-state index is 13.1. The first-order valence-electron chi connectivity index (χ1n) is 4.69. The highest BCUT2D eigenvalue weighted by atomic mass is 79.9. The van der Waals surface area contributed by atoms with Crippen LogP contribution in [0.5, 0.6) is 0 Å². The van der Waals surface area contributed by atoms with Crippen LogP contribution in [-0.2, 0) is 0 Å². The van der Waals surface area contributed by atoms with Crippen LogP contribution in [0.4, 0.5) is 4.39 Å². The second-order valence-electron chi connectivity index (χ2n) is 3.50. The van der Waals surface area contributed by atoms with Crippen molar-refractivity contribution in [3.63, 3.8) is 0 Å². The van der Waals surface area contributed by atoms with Crippen molar-refractivity contribution in [3.05, 3.63) is 34.1 Å². The van der Waals surface area contributed by atoms with Crippen molar-refractivity contribution >= 4 is 15.9 Å². The fourth-order valence-electron chi connectivity index (χ4n) is 1.25. The summed E-state index contributed by atoms with van der Waals surface area (Å²) in [7, 11) is 0. The molecule has 0 saturated carbocycles. The van der Waals surface area contributed by atoms with Gasteiger partial charge in [-0.1, -0.05) is 26.3 Å². The van der Waals surface area contributed by atoms with Crippen LogP contribution in [0.2, 0.25) is 0 Å². The lowest BCUT2D eigenvalue weighted by molar-refractivity contribution is 0.115. The molecule has 3 heteroatoms. The topological polar surface area (TPSA) is 20.2 Å². The summed E-state index contributed by atoms with van der Waals surface area (Å²) in [5, 5.41) is 9.82. The minimum atomic E-state index is -0.581. The van der Waals surface area contributed by atoms with E-state index in [2.05, 4.69) is 15.9 Å². The Labute approximate surface area is 92.1 Å². The van der Waals surface area contributed by atoms with E-state index in [1.807, 2.05) is 13.8 Å². The van der Waals surface area contributed by atoms with Crippen molar-refractivity contribution in [1.29, 1.82) is 0 Å². The van der Waals surface area contributed by atoms with Gasteiger partial charge in [-0.2, -0.15) is 0 Å². The van der Waals surface area contributed by atoms with Gasteiger partial charge in [-0.05, 0) is 39.5 Å². The zero-order chi connectivity index (χ0) is 10.7. The Hall–Kier alpha value is -0.410. The third-order valence-electron chi connectivity index (χ3n) is 2.47. The molecule has 2 atom stereocenters. The lowest BCUT2D eigenvalue weighted by Crippen LogP contribution is -2.08. The Morgan fingerprint density at radius 2 is 2.14 bits per heavy atom. The van der Waals surface area contributed by atoms with E-state index in [4.69, 9.17) is 0 Å². The van der Waals surface area contributed by atoms with Gasteiger partial charge in [0.15, 0.2) is 0 Å². The van der Waals surface area contributed by atoms with Gasteiger partial charge in [0.25, 0.3) is 0 Å². The summed E-state index contributed by atoms with van der Waals surface area (Å²) in [5.74, 6) is -0.180. The van der Waals surface area contributed by atoms with Gasteiger partial charge in [-0.15, -0.1) is 0 Å². The molecule has 0 amide bonds. The van der Waals surface area contributed by atoms with Gasteiger partial charge in [-0.25, -0.2) is 4.39 Å². The predicted molar refractivity (Wildman–Crippen MR) is 58.5 cm³/mol. The molecule has 0 spiro atoms. The minimum absolute atomic E-state index is 0.149. The molecular formula is C11H14BrFO. The monoisotopic (exact) mass is 260 g/mol. The number of hydrogen-bond donors (Lipinski definition) is 1. The van der Waals surface area contributed by atoms with Crippen LogP contribution in [0.1, 0.15) is 31.9 Å². The van der Waals surface area contributed by atoms with Crippen LogP contribution in [0.15, 0.2) is 22.7 Å². The van der Waals surface area contributed by atoms with Crippen LogP contribution in [0.3, 0.4) is 0 Å². The maximum Gasteiger partial charge on any atom is 0.137 e. The molecule has 0 fully saturated rings. The van der Waals surface area contributed by atoms with Crippen LogP contribution >= 0.6 is 15.9 Å². The summed E-state index contributed by atoms with van der Waals surface area (Å²) in [6.07, 6.45) is 0.293. The lowest BCUT2D eigenvalue weighted by Gasteiger charge is -2.17. The largest absolute Gasteiger partial charge is 0.388 e. The summed E-state index contributed by atoms with van der Waals surface area (Å²) in [6.45, 7) is 3.95. The van der Waals surface area contributed by atoms with Crippen molar-refractivity contribution in [2.24, 2.45) is 5.92 Å². The van der Waals surface area contributed by atoms with Gasteiger partial charge in [0.2, 0.25) is 0 Å². The van der Waals surface area contributed by atoms with Gasteiger partial charge in [0.05, 0.1) is 10.6 Å². The molecule has 78 valence electrons. The Morgan fingerprint density at radius 3 is 2.64 bits per heavy atom. The standard InChI is InChI=1S/C11H14BrFO/c1-3-7(2)11(14)8-4-5-9(12)10(13)6-8/h4-7,11,14H,3H2,1-2H3. The predicted octanol–water partition coefficient (Wildman–Crippen LogP) is 3.67. The summed E-state index contributed by atoms with van der Waals surface area (Å²) in [5.41, 5.74) is 0.639. The van der Waals surface area contributed by atoms with Crippen LogP contribution in [0.25, 0.3) is 0 Å². The Balaban J connectivity index is 2.91. The highest BCUT2D eigenvalue weighted by molar-refractivity contribution is 9.10.